The molecule has 0 radical (unpaired) electrons. The highest BCUT2D eigenvalue weighted by atomic mass is 32.1. The van der Waals surface area contributed by atoms with Gasteiger partial charge in [0.1, 0.15) is 0 Å². The smallest absolute Gasteiger partial charge is 0.319 e. The van der Waals surface area contributed by atoms with Gasteiger partial charge in [-0.05, 0) is 24.4 Å². The highest BCUT2D eigenvalue weighted by Crippen LogP contribution is 2.14. The standard InChI is InChI=1S/C12H14N4O2S/c1-9-7-13-8-16(11(9)17)5-4-14-12(18)15-10-3-2-6-19-10/h2-3,6-8H,4-5H2,1H3,(H2,14,15,18). The Labute approximate surface area is 114 Å². The minimum atomic E-state index is -0.281. The Bertz CT molecular complexity index is 606. The Morgan fingerprint density at radius 2 is 2.37 bits per heavy atom. The number of urea groups is 1. The number of carbonyl (C=O) groups excluding carboxylic acids is 1. The summed E-state index contributed by atoms with van der Waals surface area (Å²) >= 11 is 1.45. The van der Waals surface area contributed by atoms with E-state index >= 15 is 0 Å². The molecule has 0 atom stereocenters. The maximum atomic E-state index is 11.7. The van der Waals surface area contributed by atoms with E-state index in [1.54, 1.807) is 6.92 Å². The minimum absolute atomic E-state index is 0.0875. The van der Waals surface area contributed by atoms with Gasteiger partial charge in [-0.15, -0.1) is 11.3 Å². The number of nitrogens with one attached hydrogen (secondary N) is 2. The van der Waals surface area contributed by atoms with Gasteiger partial charge < -0.3 is 5.32 Å². The fourth-order valence-corrected chi connectivity index (χ4v) is 2.13. The van der Waals surface area contributed by atoms with Crippen molar-refractivity contribution in [1.82, 2.24) is 14.9 Å². The summed E-state index contributed by atoms with van der Waals surface area (Å²) in [5.74, 6) is 0. The van der Waals surface area contributed by atoms with Crippen LogP contribution < -0.4 is 16.2 Å². The third kappa shape index (κ3) is 3.65. The number of amides is 2. The summed E-state index contributed by atoms with van der Waals surface area (Å²) in [4.78, 5) is 27.2. The average Bonchev–Trinajstić information content (AvgIpc) is 2.87. The Hall–Kier alpha value is -2.15. The Morgan fingerprint density at radius 1 is 1.53 bits per heavy atom. The lowest BCUT2D eigenvalue weighted by Crippen LogP contribution is -2.34. The summed E-state index contributed by atoms with van der Waals surface area (Å²) < 4.78 is 1.47. The van der Waals surface area contributed by atoms with E-state index in [9.17, 15) is 9.59 Å². The molecular formula is C12H14N4O2S. The lowest BCUT2D eigenvalue weighted by molar-refractivity contribution is 0.251. The van der Waals surface area contributed by atoms with Crippen LogP contribution in [-0.4, -0.2) is 22.1 Å². The van der Waals surface area contributed by atoms with Crippen LogP contribution in [0.3, 0.4) is 0 Å². The van der Waals surface area contributed by atoms with Gasteiger partial charge in [-0.1, -0.05) is 0 Å². The third-order valence-corrected chi connectivity index (χ3v) is 3.25. The molecule has 100 valence electrons. The molecule has 0 saturated carbocycles. The second kappa shape index (κ2) is 6.14. The molecule has 0 aliphatic rings. The van der Waals surface area contributed by atoms with E-state index in [2.05, 4.69) is 15.6 Å². The van der Waals surface area contributed by atoms with Gasteiger partial charge in [-0.25, -0.2) is 9.78 Å². The molecule has 0 aromatic carbocycles. The number of carbonyl (C=O) groups is 1. The summed E-state index contributed by atoms with van der Waals surface area (Å²) in [7, 11) is 0. The monoisotopic (exact) mass is 278 g/mol. The molecule has 2 aromatic heterocycles. The Morgan fingerprint density at radius 3 is 3.11 bits per heavy atom. The normalized spacial score (nSPS) is 10.2. The molecule has 2 heterocycles. The van der Waals surface area contributed by atoms with Crippen molar-refractivity contribution >= 4 is 22.4 Å². The zero-order chi connectivity index (χ0) is 13.7. The second-order valence-electron chi connectivity index (χ2n) is 3.93. The van der Waals surface area contributed by atoms with Crippen molar-refractivity contribution in [2.24, 2.45) is 0 Å². The number of nitrogens with zero attached hydrogens (tertiary/aromatic N) is 2. The number of rotatable bonds is 4. The van der Waals surface area contributed by atoms with Crippen molar-refractivity contribution < 1.29 is 4.79 Å². The van der Waals surface area contributed by atoms with Crippen LogP contribution in [0.5, 0.6) is 0 Å². The van der Waals surface area contributed by atoms with E-state index in [1.807, 2.05) is 17.5 Å². The average molecular weight is 278 g/mol. The molecule has 2 amide bonds. The SMILES string of the molecule is Cc1cncn(CCNC(=O)Nc2cccs2)c1=O. The lowest BCUT2D eigenvalue weighted by Gasteiger charge is -2.08. The summed E-state index contributed by atoms with van der Waals surface area (Å²) in [5, 5.41) is 8.05. The van der Waals surface area contributed by atoms with Crippen LogP contribution >= 0.6 is 11.3 Å². The van der Waals surface area contributed by atoms with Crippen LogP contribution in [0.25, 0.3) is 0 Å². The first-order valence-electron chi connectivity index (χ1n) is 5.76. The number of hydrogen-bond donors (Lipinski definition) is 2. The van der Waals surface area contributed by atoms with Crippen LogP contribution in [-0.2, 0) is 6.54 Å². The first-order chi connectivity index (χ1) is 9.16. The molecule has 0 spiro atoms. The van der Waals surface area contributed by atoms with Gasteiger partial charge in [-0.2, -0.15) is 0 Å². The summed E-state index contributed by atoms with van der Waals surface area (Å²) in [6.07, 6.45) is 2.99. The van der Waals surface area contributed by atoms with Crippen molar-refractivity contribution in [2.75, 3.05) is 11.9 Å². The summed E-state index contributed by atoms with van der Waals surface area (Å²) in [5.41, 5.74) is 0.501. The third-order valence-electron chi connectivity index (χ3n) is 2.47. The molecule has 2 aromatic rings. The van der Waals surface area contributed by atoms with Gasteiger partial charge in [-0.3, -0.25) is 14.7 Å². The second-order valence-corrected chi connectivity index (χ2v) is 4.88. The van der Waals surface area contributed by atoms with E-state index in [-0.39, 0.29) is 11.6 Å². The van der Waals surface area contributed by atoms with E-state index in [1.165, 1.54) is 28.4 Å². The number of anilines is 1. The highest BCUT2D eigenvalue weighted by Gasteiger charge is 2.03. The molecule has 0 aliphatic heterocycles. The van der Waals surface area contributed by atoms with Gasteiger partial charge in [0, 0.05) is 24.8 Å². The number of hydrogen-bond acceptors (Lipinski definition) is 4. The topological polar surface area (TPSA) is 76.0 Å². The number of aryl methyl sites for hydroxylation is 1. The molecule has 2 rings (SSSR count). The van der Waals surface area contributed by atoms with Crippen molar-refractivity contribution in [3.63, 3.8) is 0 Å². The van der Waals surface area contributed by atoms with Crippen molar-refractivity contribution in [3.05, 3.63) is 46.0 Å². The van der Waals surface area contributed by atoms with Crippen LogP contribution in [0.15, 0.2) is 34.8 Å². The molecule has 2 N–H and O–H groups in total. The van der Waals surface area contributed by atoms with E-state index < -0.39 is 0 Å². The lowest BCUT2D eigenvalue weighted by atomic mass is 10.4. The molecule has 0 unspecified atom stereocenters. The molecule has 7 heteroatoms. The predicted molar refractivity (Wildman–Crippen MR) is 74.6 cm³/mol. The van der Waals surface area contributed by atoms with Crippen molar-refractivity contribution in [2.45, 2.75) is 13.5 Å². The first-order valence-corrected chi connectivity index (χ1v) is 6.64. The Balaban J connectivity index is 1.82. The zero-order valence-corrected chi connectivity index (χ0v) is 11.2. The first kappa shape index (κ1) is 13.3. The molecular weight excluding hydrogens is 264 g/mol. The van der Waals surface area contributed by atoms with Gasteiger partial charge in [0.2, 0.25) is 0 Å². The Kier molecular flexibility index (Phi) is 4.30. The van der Waals surface area contributed by atoms with Gasteiger partial charge in [0.25, 0.3) is 5.56 Å². The van der Waals surface area contributed by atoms with E-state index in [0.717, 1.165) is 5.00 Å². The molecule has 0 bridgehead atoms. The number of thiophene rings is 1. The van der Waals surface area contributed by atoms with Crippen molar-refractivity contribution in [1.29, 1.82) is 0 Å². The maximum absolute atomic E-state index is 11.7. The van der Waals surface area contributed by atoms with Crippen LogP contribution in [0, 0.1) is 6.92 Å². The molecule has 0 aliphatic carbocycles. The van der Waals surface area contributed by atoms with Crippen LogP contribution in [0.4, 0.5) is 9.80 Å². The van der Waals surface area contributed by atoms with E-state index in [0.29, 0.717) is 18.7 Å². The quantitative estimate of drug-likeness (QED) is 0.888. The highest BCUT2D eigenvalue weighted by molar-refractivity contribution is 7.14. The molecule has 0 fully saturated rings. The molecule has 0 saturated heterocycles. The fourth-order valence-electron chi connectivity index (χ4n) is 1.51. The molecule has 6 nitrogen and oxygen atoms in total. The van der Waals surface area contributed by atoms with E-state index in [4.69, 9.17) is 0 Å². The fraction of sp³-hybridized carbons (Fsp3) is 0.250. The van der Waals surface area contributed by atoms with Crippen molar-refractivity contribution in [3.8, 4) is 0 Å². The summed E-state index contributed by atoms with van der Waals surface area (Å²) in [6.45, 7) is 2.47. The molecule has 19 heavy (non-hydrogen) atoms. The van der Waals surface area contributed by atoms with Gasteiger partial charge in [0.05, 0.1) is 11.3 Å². The van der Waals surface area contributed by atoms with Gasteiger partial charge in [0.15, 0.2) is 0 Å². The summed E-state index contributed by atoms with van der Waals surface area (Å²) in [6, 6.07) is 3.40. The zero-order valence-electron chi connectivity index (χ0n) is 10.4. The maximum Gasteiger partial charge on any atom is 0.319 e. The largest absolute Gasteiger partial charge is 0.336 e. The van der Waals surface area contributed by atoms with Crippen LogP contribution in [0.1, 0.15) is 5.56 Å². The van der Waals surface area contributed by atoms with Crippen LogP contribution in [0.2, 0.25) is 0 Å². The van der Waals surface area contributed by atoms with Gasteiger partial charge >= 0.3 is 6.03 Å². The minimum Gasteiger partial charge on any atom is -0.336 e. The predicted octanol–water partition coefficient (Wildman–Crippen LogP) is 1.43. The number of aromatic nitrogens is 2.